The van der Waals surface area contributed by atoms with Crippen LogP contribution in [-0.4, -0.2) is 9.97 Å². The van der Waals surface area contributed by atoms with Crippen LogP contribution in [0.3, 0.4) is 0 Å². The van der Waals surface area contributed by atoms with Crippen molar-refractivity contribution in [2.75, 3.05) is 10.6 Å². The molecule has 0 bridgehead atoms. The molecule has 0 saturated carbocycles. The Morgan fingerprint density at radius 1 is 0.880 bits per heavy atom. The lowest BCUT2D eigenvalue weighted by Crippen LogP contribution is -2.10. The number of aromatic nitrogens is 2. The third-order valence-corrected chi connectivity index (χ3v) is 3.45. The molecule has 0 atom stereocenters. The average Bonchev–Trinajstić information content (AvgIpc) is 2.61. The van der Waals surface area contributed by atoms with Crippen LogP contribution < -0.4 is 10.6 Å². The average molecular weight is 344 g/mol. The van der Waals surface area contributed by atoms with E-state index < -0.39 is 11.7 Å². The first-order valence-corrected chi connectivity index (χ1v) is 7.56. The fraction of sp³-hybridized carbons (Fsp3) is 0.111. The fourth-order valence-electron chi connectivity index (χ4n) is 2.27. The second-order valence-electron chi connectivity index (χ2n) is 5.27. The predicted octanol–water partition coefficient (Wildman–Crippen LogP) is 4.85. The lowest BCUT2D eigenvalue weighted by atomic mass is 10.1. The van der Waals surface area contributed by atoms with Gasteiger partial charge >= 0.3 is 6.18 Å². The summed E-state index contributed by atoms with van der Waals surface area (Å²) in [5.41, 5.74) is 0.217. The normalized spacial score (nSPS) is 11.2. The Morgan fingerprint density at radius 3 is 2.36 bits per heavy atom. The van der Waals surface area contributed by atoms with Gasteiger partial charge in [-0.05, 0) is 23.8 Å². The summed E-state index contributed by atoms with van der Waals surface area (Å²) in [6, 6.07) is 16.6. The highest BCUT2D eigenvalue weighted by atomic mass is 19.4. The third kappa shape index (κ3) is 4.47. The van der Waals surface area contributed by atoms with Crippen molar-refractivity contribution in [3.63, 3.8) is 0 Å². The van der Waals surface area contributed by atoms with Gasteiger partial charge in [0.25, 0.3) is 0 Å². The van der Waals surface area contributed by atoms with Crippen molar-refractivity contribution in [1.82, 2.24) is 9.97 Å². The molecule has 3 rings (SSSR count). The molecule has 0 amide bonds. The van der Waals surface area contributed by atoms with Crippen LogP contribution >= 0.6 is 0 Å². The Labute approximate surface area is 142 Å². The molecule has 2 N–H and O–H groups in total. The number of nitrogens with one attached hydrogen (secondary N) is 2. The van der Waals surface area contributed by atoms with Crippen LogP contribution in [-0.2, 0) is 12.7 Å². The highest BCUT2D eigenvalue weighted by molar-refractivity contribution is 5.60. The maximum Gasteiger partial charge on any atom is 0.418 e. The molecule has 7 heteroatoms. The van der Waals surface area contributed by atoms with E-state index in [0.29, 0.717) is 12.4 Å². The van der Waals surface area contributed by atoms with Gasteiger partial charge in [0.2, 0.25) is 5.95 Å². The smallest absolute Gasteiger partial charge is 0.366 e. The van der Waals surface area contributed by atoms with Gasteiger partial charge in [0, 0.05) is 12.7 Å². The number of halogens is 3. The molecule has 0 unspecified atom stereocenters. The summed E-state index contributed by atoms with van der Waals surface area (Å²) in [4.78, 5) is 8.19. The van der Waals surface area contributed by atoms with Crippen LogP contribution in [0.1, 0.15) is 11.1 Å². The fourth-order valence-corrected chi connectivity index (χ4v) is 2.27. The van der Waals surface area contributed by atoms with Crippen molar-refractivity contribution in [3.05, 3.63) is 78.0 Å². The molecule has 0 aliphatic heterocycles. The zero-order valence-corrected chi connectivity index (χ0v) is 13.1. The molecule has 0 aliphatic carbocycles. The predicted molar refractivity (Wildman–Crippen MR) is 90.5 cm³/mol. The molecule has 4 nitrogen and oxygen atoms in total. The molecule has 1 heterocycles. The number of hydrogen-bond acceptors (Lipinski definition) is 4. The minimum atomic E-state index is -4.45. The SMILES string of the molecule is FC(F)(F)c1ccccc1Nc1nccc(NCc2ccccc2)n1. The van der Waals surface area contributed by atoms with Crippen molar-refractivity contribution < 1.29 is 13.2 Å². The van der Waals surface area contributed by atoms with Crippen LogP contribution in [0.2, 0.25) is 0 Å². The van der Waals surface area contributed by atoms with E-state index in [1.54, 1.807) is 6.07 Å². The summed E-state index contributed by atoms with van der Waals surface area (Å²) >= 11 is 0. The van der Waals surface area contributed by atoms with Gasteiger partial charge in [0.15, 0.2) is 0 Å². The quantitative estimate of drug-likeness (QED) is 0.695. The van der Waals surface area contributed by atoms with Crippen molar-refractivity contribution in [1.29, 1.82) is 0 Å². The van der Waals surface area contributed by atoms with Gasteiger partial charge in [-0.1, -0.05) is 42.5 Å². The summed E-state index contributed by atoms with van der Waals surface area (Å²) in [6.45, 7) is 0.552. The van der Waals surface area contributed by atoms with E-state index in [1.807, 2.05) is 30.3 Å². The molecule has 0 saturated heterocycles. The zero-order chi connectivity index (χ0) is 17.7. The van der Waals surface area contributed by atoms with Crippen molar-refractivity contribution in [3.8, 4) is 0 Å². The van der Waals surface area contributed by atoms with E-state index >= 15 is 0 Å². The molecular formula is C18H15F3N4. The lowest BCUT2D eigenvalue weighted by Gasteiger charge is -2.14. The van der Waals surface area contributed by atoms with E-state index in [1.165, 1.54) is 24.4 Å². The lowest BCUT2D eigenvalue weighted by molar-refractivity contribution is -0.136. The van der Waals surface area contributed by atoms with E-state index in [2.05, 4.69) is 20.6 Å². The number of anilines is 3. The minimum Gasteiger partial charge on any atom is -0.366 e. The van der Waals surface area contributed by atoms with E-state index in [-0.39, 0.29) is 11.6 Å². The molecule has 0 radical (unpaired) electrons. The molecule has 0 aliphatic rings. The number of hydrogen-bond donors (Lipinski definition) is 2. The highest BCUT2D eigenvalue weighted by Gasteiger charge is 2.33. The van der Waals surface area contributed by atoms with Crippen molar-refractivity contribution in [2.24, 2.45) is 0 Å². The summed E-state index contributed by atoms with van der Waals surface area (Å²) in [5, 5.41) is 5.75. The van der Waals surface area contributed by atoms with Crippen LogP contribution in [0.5, 0.6) is 0 Å². The Balaban J connectivity index is 1.74. The molecule has 0 spiro atoms. The third-order valence-electron chi connectivity index (χ3n) is 3.45. The second kappa shape index (κ2) is 7.21. The van der Waals surface area contributed by atoms with E-state index in [9.17, 15) is 13.2 Å². The summed E-state index contributed by atoms with van der Waals surface area (Å²) in [5.74, 6) is 0.612. The van der Waals surface area contributed by atoms with Crippen molar-refractivity contribution in [2.45, 2.75) is 12.7 Å². The van der Waals surface area contributed by atoms with E-state index in [0.717, 1.165) is 11.6 Å². The first-order valence-electron chi connectivity index (χ1n) is 7.56. The Kier molecular flexibility index (Phi) is 4.83. The number of alkyl halides is 3. The maximum atomic E-state index is 13.0. The van der Waals surface area contributed by atoms with Gasteiger partial charge in [0.1, 0.15) is 5.82 Å². The molecule has 25 heavy (non-hydrogen) atoms. The maximum absolute atomic E-state index is 13.0. The molecular weight excluding hydrogens is 329 g/mol. The number of nitrogens with zero attached hydrogens (tertiary/aromatic N) is 2. The summed E-state index contributed by atoms with van der Waals surface area (Å²) < 4.78 is 39.1. The Bertz CT molecular complexity index is 835. The first-order chi connectivity index (χ1) is 12.0. The number of rotatable bonds is 5. The van der Waals surface area contributed by atoms with Crippen LogP contribution in [0.4, 0.5) is 30.6 Å². The Hall–Kier alpha value is -3.09. The summed E-state index contributed by atoms with van der Waals surface area (Å²) in [7, 11) is 0. The largest absolute Gasteiger partial charge is 0.418 e. The molecule has 3 aromatic rings. The monoisotopic (exact) mass is 344 g/mol. The van der Waals surface area contributed by atoms with Crippen LogP contribution in [0.15, 0.2) is 66.9 Å². The van der Waals surface area contributed by atoms with E-state index in [4.69, 9.17) is 0 Å². The van der Waals surface area contributed by atoms with Gasteiger partial charge < -0.3 is 10.6 Å². The molecule has 0 fully saturated rings. The van der Waals surface area contributed by atoms with Crippen LogP contribution in [0.25, 0.3) is 0 Å². The highest BCUT2D eigenvalue weighted by Crippen LogP contribution is 2.35. The molecule has 1 aromatic heterocycles. The molecule has 128 valence electrons. The number of para-hydroxylation sites is 1. The minimum absolute atomic E-state index is 0.0878. The van der Waals surface area contributed by atoms with Gasteiger partial charge in [-0.2, -0.15) is 18.2 Å². The van der Waals surface area contributed by atoms with Crippen LogP contribution in [0, 0.1) is 0 Å². The second-order valence-corrected chi connectivity index (χ2v) is 5.27. The van der Waals surface area contributed by atoms with Gasteiger partial charge in [-0.15, -0.1) is 0 Å². The van der Waals surface area contributed by atoms with Crippen molar-refractivity contribution >= 4 is 17.5 Å². The topological polar surface area (TPSA) is 49.8 Å². The molecule has 2 aromatic carbocycles. The summed E-state index contributed by atoms with van der Waals surface area (Å²) in [6.07, 6.45) is -2.97. The van der Waals surface area contributed by atoms with Gasteiger partial charge in [0.05, 0.1) is 11.3 Å². The van der Waals surface area contributed by atoms with Gasteiger partial charge in [-0.3, -0.25) is 0 Å². The standard InChI is InChI=1S/C18H15F3N4/c19-18(20,21)14-8-4-5-9-15(14)24-17-22-11-10-16(25-17)23-12-13-6-2-1-3-7-13/h1-11H,12H2,(H2,22,23,24,25). The first kappa shape index (κ1) is 16.8. The number of benzene rings is 2. The zero-order valence-electron chi connectivity index (χ0n) is 13.1. The Morgan fingerprint density at radius 2 is 1.60 bits per heavy atom. The van der Waals surface area contributed by atoms with Gasteiger partial charge in [-0.25, -0.2) is 4.98 Å².